The zero-order valence-electron chi connectivity index (χ0n) is 11.4. The van der Waals surface area contributed by atoms with E-state index in [1.165, 1.54) is 31.1 Å². The molecule has 2 N–H and O–H groups in total. The Bertz CT molecular complexity index is 441. The fourth-order valence-corrected chi connectivity index (χ4v) is 2.89. The normalized spacial score (nSPS) is 20.8. The smallest absolute Gasteiger partial charge is 0.191 e. The van der Waals surface area contributed by atoms with Gasteiger partial charge in [0.15, 0.2) is 5.16 Å². The third-order valence-electron chi connectivity index (χ3n) is 3.80. The molecule has 5 nitrogen and oxygen atoms in total. The van der Waals surface area contributed by atoms with Crippen molar-refractivity contribution in [1.82, 2.24) is 14.9 Å². The van der Waals surface area contributed by atoms with Gasteiger partial charge in [0.25, 0.3) is 0 Å². The molecule has 0 aromatic carbocycles. The third-order valence-corrected chi connectivity index (χ3v) is 4.35. The SMILES string of the molecule is CSc1nc(N)cc(N2CCN(CC3CC3)CC2)n1. The highest BCUT2D eigenvalue weighted by Gasteiger charge is 2.26. The Morgan fingerprint density at radius 3 is 2.63 bits per heavy atom. The lowest BCUT2D eigenvalue weighted by molar-refractivity contribution is 0.247. The van der Waals surface area contributed by atoms with E-state index in [2.05, 4.69) is 19.8 Å². The fourth-order valence-electron chi connectivity index (χ4n) is 2.51. The Hall–Kier alpha value is -1.01. The van der Waals surface area contributed by atoms with E-state index in [0.29, 0.717) is 5.82 Å². The topological polar surface area (TPSA) is 58.3 Å². The Balaban J connectivity index is 1.62. The number of nitrogen functional groups attached to an aromatic ring is 1. The van der Waals surface area contributed by atoms with Gasteiger partial charge in [0.1, 0.15) is 11.6 Å². The van der Waals surface area contributed by atoms with Crippen LogP contribution in [0.4, 0.5) is 11.6 Å². The van der Waals surface area contributed by atoms with Crippen LogP contribution in [0.1, 0.15) is 12.8 Å². The summed E-state index contributed by atoms with van der Waals surface area (Å²) in [5.41, 5.74) is 5.84. The second kappa shape index (κ2) is 5.54. The number of hydrogen-bond acceptors (Lipinski definition) is 6. The van der Waals surface area contributed by atoms with E-state index >= 15 is 0 Å². The molecule has 1 saturated heterocycles. The summed E-state index contributed by atoms with van der Waals surface area (Å²) in [6, 6.07) is 1.89. The predicted octanol–water partition coefficient (Wildman–Crippen LogP) is 1.31. The van der Waals surface area contributed by atoms with Gasteiger partial charge in [-0.05, 0) is 25.0 Å². The summed E-state index contributed by atoms with van der Waals surface area (Å²) in [7, 11) is 0. The lowest BCUT2D eigenvalue weighted by Crippen LogP contribution is -2.47. The van der Waals surface area contributed by atoms with Crippen LogP contribution in [0.3, 0.4) is 0 Å². The maximum Gasteiger partial charge on any atom is 0.191 e. The van der Waals surface area contributed by atoms with Crippen LogP contribution in [-0.2, 0) is 0 Å². The molecule has 104 valence electrons. The quantitative estimate of drug-likeness (QED) is 0.662. The molecule has 19 heavy (non-hydrogen) atoms. The van der Waals surface area contributed by atoms with Gasteiger partial charge in [-0.2, -0.15) is 0 Å². The molecule has 6 heteroatoms. The molecule has 0 spiro atoms. The van der Waals surface area contributed by atoms with Crippen molar-refractivity contribution in [2.75, 3.05) is 49.6 Å². The minimum atomic E-state index is 0.565. The Morgan fingerprint density at radius 2 is 2.00 bits per heavy atom. The number of anilines is 2. The molecule has 1 aromatic rings. The van der Waals surface area contributed by atoms with Crippen molar-refractivity contribution in [2.24, 2.45) is 5.92 Å². The van der Waals surface area contributed by atoms with E-state index < -0.39 is 0 Å². The molecule has 2 heterocycles. The minimum Gasteiger partial charge on any atom is -0.383 e. The van der Waals surface area contributed by atoms with Crippen molar-refractivity contribution in [3.63, 3.8) is 0 Å². The highest BCUT2D eigenvalue weighted by atomic mass is 32.2. The van der Waals surface area contributed by atoms with E-state index in [9.17, 15) is 0 Å². The molecule has 0 atom stereocenters. The minimum absolute atomic E-state index is 0.565. The second-order valence-electron chi connectivity index (χ2n) is 5.37. The van der Waals surface area contributed by atoms with Crippen LogP contribution in [0.5, 0.6) is 0 Å². The van der Waals surface area contributed by atoms with Crippen LogP contribution < -0.4 is 10.6 Å². The van der Waals surface area contributed by atoms with Crippen molar-refractivity contribution in [3.8, 4) is 0 Å². The summed E-state index contributed by atoms with van der Waals surface area (Å²) in [6.45, 7) is 5.63. The van der Waals surface area contributed by atoms with E-state index in [1.54, 1.807) is 0 Å². The number of rotatable bonds is 4. The maximum absolute atomic E-state index is 5.84. The first kappa shape index (κ1) is 13.0. The molecule has 1 saturated carbocycles. The van der Waals surface area contributed by atoms with Crippen LogP contribution >= 0.6 is 11.8 Å². The van der Waals surface area contributed by atoms with Crippen LogP contribution in [-0.4, -0.2) is 53.8 Å². The molecule has 0 unspecified atom stereocenters. The third kappa shape index (κ3) is 3.30. The van der Waals surface area contributed by atoms with Gasteiger partial charge in [0.05, 0.1) is 0 Å². The van der Waals surface area contributed by atoms with Gasteiger partial charge in [0.2, 0.25) is 0 Å². The summed E-state index contributed by atoms with van der Waals surface area (Å²) in [5.74, 6) is 2.52. The van der Waals surface area contributed by atoms with Crippen LogP contribution in [0, 0.1) is 5.92 Å². The van der Waals surface area contributed by atoms with Gasteiger partial charge in [0, 0.05) is 38.8 Å². The highest BCUT2D eigenvalue weighted by Crippen LogP contribution is 2.30. The lowest BCUT2D eigenvalue weighted by atomic mass is 10.3. The summed E-state index contributed by atoms with van der Waals surface area (Å²) in [5, 5.41) is 0.760. The van der Waals surface area contributed by atoms with Gasteiger partial charge >= 0.3 is 0 Å². The standard InChI is InChI=1S/C13H21N5S/c1-19-13-15-11(14)8-12(16-13)18-6-4-17(5-7-18)9-10-2-3-10/h8,10H,2-7,9H2,1H3,(H2,14,15,16). The van der Waals surface area contributed by atoms with E-state index in [-0.39, 0.29) is 0 Å². The van der Waals surface area contributed by atoms with Gasteiger partial charge in [-0.3, -0.25) is 4.90 Å². The van der Waals surface area contributed by atoms with Crippen molar-refractivity contribution < 1.29 is 0 Å². The molecule has 0 amide bonds. The number of thioether (sulfide) groups is 1. The number of nitrogens with zero attached hydrogens (tertiary/aromatic N) is 4. The zero-order chi connectivity index (χ0) is 13.2. The molecular formula is C13H21N5S. The Labute approximate surface area is 118 Å². The van der Waals surface area contributed by atoms with Crippen molar-refractivity contribution in [3.05, 3.63) is 6.07 Å². The van der Waals surface area contributed by atoms with Gasteiger partial charge in [-0.25, -0.2) is 9.97 Å². The number of piperazine rings is 1. The van der Waals surface area contributed by atoms with Gasteiger partial charge in [-0.15, -0.1) is 0 Å². The van der Waals surface area contributed by atoms with Crippen molar-refractivity contribution in [1.29, 1.82) is 0 Å². The summed E-state index contributed by atoms with van der Waals surface area (Å²) in [4.78, 5) is 13.7. The molecule has 0 radical (unpaired) electrons. The Morgan fingerprint density at radius 1 is 1.26 bits per heavy atom. The largest absolute Gasteiger partial charge is 0.383 e. The van der Waals surface area contributed by atoms with Gasteiger partial charge < -0.3 is 10.6 Å². The van der Waals surface area contributed by atoms with Crippen LogP contribution in [0.25, 0.3) is 0 Å². The van der Waals surface area contributed by atoms with Gasteiger partial charge in [-0.1, -0.05) is 11.8 Å². The average Bonchev–Trinajstić information content (AvgIpc) is 3.23. The van der Waals surface area contributed by atoms with E-state index in [4.69, 9.17) is 5.73 Å². The highest BCUT2D eigenvalue weighted by molar-refractivity contribution is 7.98. The second-order valence-corrected chi connectivity index (χ2v) is 6.14. The van der Waals surface area contributed by atoms with Crippen LogP contribution in [0.2, 0.25) is 0 Å². The zero-order valence-corrected chi connectivity index (χ0v) is 12.2. The molecule has 1 aliphatic heterocycles. The molecule has 1 aliphatic carbocycles. The molecule has 2 aliphatic rings. The first-order valence-corrected chi connectivity index (χ1v) is 8.13. The molecule has 2 fully saturated rings. The fraction of sp³-hybridized carbons (Fsp3) is 0.692. The summed E-state index contributed by atoms with van der Waals surface area (Å²) in [6.07, 6.45) is 4.84. The number of hydrogen-bond donors (Lipinski definition) is 1. The molecule has 0 bridgehead atoms. The molecule has 1 aromatic heterocycles. The number of aromatic nitrogens is 2. The maximum atomic E-state index is 5.84. The first-order valence-electron chi connectivity index (χ1n) is 6.90. The van der Waals surface area contributed by atoms with E-state index in [1.807, 2.05) is 12.3 Å². The van der Waals surface area contributed by atoms with Crippen LogP contribution in [0.15, 0.2) is 11.2 Å². The first-order chi connectivity index (χ1) is 9.24. The summed E-state index contributed by atoms with van der Waals surface area (Å²) < 4.78 is 0. The molecular weight excluding hydrogens is 258 g/mol. The monoisotopic (exact) mass is 279 g/mol. The van der Waals surface area contributed by atoms with Crippen molar-refractivity contribution in [2.45, 2.75) is 18.0 Å². The number of nitrogens with two attached hydrogens (primary N) is 1. The Kier molecular flexibility index (Phi) is 3.79. The van der Waals surface area contributed by atoms with Crippen molar-refractivity contribution >= 4 is 23.4 Å². The predicted molar refractivity (Wildman–Crippen MR) is 79.6 cm³/mol. The summed E-state index contributed by atoms with van der Waals surface area (Å²) >= 11 is 1.54. The van der Waals surface area contributed by atoms with E-state index in [0.717, 1.165) is 43.1 Å². The molecule has 3 rings (SSSR count). The average molecular weight is 279 g/mol. The lowest BCUT2D eigenvalue weighted by Gasteiger charge is -2.35.